The van der Waals surface area contributed by atoms with Crippen LogP contribution in [-0.4, -0.2) is 0 Å². The Bertz CT molecular complexity index is 4590. The first-order valence-corrected chi connectivity index (χ1v) is 31.6. The molecule has 0 heterocycles. The summed E-state index contributed by atoms with van der Waals surface area (Å²) in [6, 6.07) is 106. The van der Waals surface area contributed by atoms with E-state index >= 15 is 0 Å². The second-order valence-electron chi connectivity index (χ2n) is 24.0. The van der Waals surface area contributed by atoms with Gasteiger partial charge in [0, 0.05) is 22.1 Å². The van der Waals surface area contributed by atoms with E-state index in [1.807, 2.05) is 13.8 Å². The van der Waals surface area contributed by atoms with Crippen LogP contribution in [0.4, 0.5) is 17.1 Å². The van der Waals surface area contributed by atoms with Gasteiger partial charge in [-0.05, 0) is 202 Å². The number of aryl methyl sites for hydroxylation is 7. The third-order valence-electron chi connectivity index (χ3n) is 17.6. The lowest BCUT2D eigenvalue weighted by atomic mass is 9.81. The lowest BCUT2D eigenvalue weighted by molar-refractivity contribution is 0.660. The predicted molar refractivity (Wildman–Crippen MR) is 386 cm³/mol. The molecule has 1 aliphatic rings. The molecule has 0 radical (unpaired) electrons. The topological polar surface area (TPSA) is 3.24 Å². The van der Waals surface area contributed by atoms with Gasteiger partial charge in [0.1, 0.15) is 0 Å². The first-order chi connectivity index (χ1) is 43.3. The van der Waals surface area contributed by atoms with Crippen LogP contribution < -0.4 is 4.90 Å². The maximum absolute atomic E-state index is 2.53. The van der Waals surface area contributed by atoms with E-state index in [9.17, 15) is 0 Å². The summed E-state index contributed by atoms with van der Waals surface area (Å²) >= 11 is 0. The summed E-state index contributed by atoms with van der Waals surface area (Å²) in [5, 5.41) is 2.53. The van der Waals surface area contributed by atoms with Crippen molar-refractivity contribution in [1.29, 1.82) is 0 Å². The minimum absolute atomic E-state index is 0.162. The van der Waals surface area contributed by atoms with Crippen LogP contribution in [0, 0.1) is 48.5 Å². The lowest BCUT2D eigenvalue weighted by Crippen LogP contribution is -2.17. The number of rotatable bonds is 9. The third-order valence-corrected chi connectivity index (χ3v) is 17.6. The van der Waals surface area contributed by atoms with Crippen molar-refractivity contribution in [2.45, 2.75) is 81.6 Å². The van der Waals surface area contributed by atoms with Crippen LogP contribution in [0.25, 0.3) is 88.7 Å². The van der Waals surface area contributed by atoms with Gasteiger partial charge >= 0.3 is 0 Å². The average molecular weight is 1150 g/mol. The minimum Gasteiger partial charge on any atom is -0.309 e. The molecule has 438 valence electrons. The molecular formula is C88H81N. The molecule has 13 aromatic carbocycles. The standard InChI is InChI=1S/C52H43N.C19H16.C15H16.C2H6/c1-34-24-27-45-47(30-34)52(4,5)48-33-50(43-22-14-15-23-44(43)51(45)48)53(40-26-28-42(36(3)31-40)41-21-13-12-16-35(41)2)49-29-25-39(37-17-8-6-9-18-37)32-46(49)38-19-10-7-11-20-38;1-15-12-13-18(16-8-4-2-5-9-16)14-19(15)17-10-6-3-7-11-17;1-11-8-9-15(13(3)10-11)14-7-5-4-6-12(14)2;1-2/h6-33H,1-5H3;2-14H,1H3;4-10H,1-3H3;1-2H3. The summed E-state index contributed by atoms with van der Waals surface area (Å²) in [6.45, 7) is 24.1. The maximum Gasteiger partial charge on any atom is 0.0543 e. The van der Waals surface area contributed by atoms with Gasteiger partial charge in [-0.25, -0.2) is 0 Å². The third kappa shape index (κ3) is 12.7. The molecule has 0 saturated carbocycles. The molecule has 13 aromatic rings. The molecule has 1 heteroatoms. The molecule has 0 saturated heterocycles. The molecule has 0 atom stereocenters. The molecule has 0 unspecified atom stereocenters. The second-order valence-corrected chi connectivity index (χ2v) is 24.0. The molecule has 0 fully saturated rings. The summed E-state index contributed by atoms with van der Waals surface area (Å²) in [7, 11) is 0. The van der Waals surface area contributed by atoms with E-state index in [0.29, 0.717) is 0 Å². The molecule has 1 nitrogen and oxygen atoms in total. The fourth-order valence-electron chi connectivity index (χ4n) is 13.0. The highest BCUT2D eigenvalue weighted by molar-refractivity contribution is 6.11. The van der Waals surface area contributed by atoms with E-state index in [2.05, 4.69) is 358 Å². The van der Waals surface area contributed by atoms with Gasteiger partial charge in [-0.15, -0.1) is 0 Å². The van der Waals surface area contributed by atoms with Crippen molar-refractivity contribution in [3.8, 4) is 77.9 Å². The zero-order valence-electron chi connectivity index (χ0n) is 53.7. The van der Waals surface area contributed by atoms with Gasteiger partial charge in [-0.2, -0.15) is 0 Å². The van der Waals surface area contributed by atoms with Crippen LogP contribution >= 0.6 is 0 Å². The lowest BCUT2D eigenvalue weighted by Gasteiger charge is -2.32. The van der Waals surface area contributed by atoms with E-state index in [1.54, 1.807) is 0 Å². The molecule has 0 amide bonds. The Morgan fingerprint density at radius 2 is 0.663 bits per heavy atom. The van der Waals surface area contributed by atoms with Crippen molar-refractivity contribution < 1.29 is 0 Å². The Hall–Kier alpha value is -10.1. The molecule has 0 aromatic heterocycles. The Labute approximate surface area is 530 Å². The van der Waals surface area contributed by atoms with Gasteiger partial charge in [-0.1, -0.05) is 294 Å². The maximum atomic E-state index is 2.53. The van der Waals surface area contributed by atoms with Gasteiger partial charge in [0.15, 0.2) is 0 Å². The van der Waals surface area contributed by atoms with Gasteiger partial charge in [0.05, 0.1) is 11.4 Å². The highest BCUT2D eigenvalue weighted by Crippen LogP contribution is 2.56. The number of hydrogen-bond acceptors (Lipinski definition) is 1. The fourth-order valence-corrected chi connectivity index (χ4v) is 13.0. The van der Waals surface area contributed by atoms with Crippen LogP contribution in [0.15, 0.2) is 291 Å². The normalized spacial score (nSPS) is 11.6. The van der Waals surface area contributed by atoms with E-state index in [1.165, 1.54) is 144 Å². The van der Waals surface area contributed by atoms with Gasteiger partial charge < -0.3 is 4.90 Å². The van der Waals surface area contributed by atoms with Crippen molar-refractivity contribution in [2.24, 2.45) is 0 Å². The Morgan fingerprint density at radius 3 is 1.20 bits per heavy atom. The molecule has 1 aliphatic carbocycles. The summed E-state index contributed by atoms with van der Waals surface area (Å²) < 4.78 is 0. The van der Waals surface area contributed by atoms with Crippen molar-refractivity contribution in [1.82, 2.24) is 0 Å². The number of anilines is 3. The minimum atomic E-state index is -0.162. The zero-order valence-corrected chi connectivity index (χ0v) is 53.7. The van der Waals surface area contributed by atoms with Gasteiger partial charge in [0.2, 0.25) is 0 Å². The van der Waals surface area contributed by atoms with Crippen LogP contribution in [-0.2, 0) is 5.41 Å². The van der Waals surface area contributed by atoms with Crippen molar-refractivity contribution in [3.63, 3.8) is 0 Å². The smallest absolute Gasteiger partial charge is 0.0543 e. The molecule has 0 spiro atoms. The highest BCUT2D eigenvalue weighted by atomic mass is 15.1. The van der Waals surface area contributed by atoms with Crippen molar-refractivity contribution in [2.75, 3.05) is 4.90 Å². The highest BCUT2D eigenvalue weighted by Gasteiger charge is 2.38. The van der Waals surface area contributed by atoms with Crippen LogP contribution in [0.2, 0.25) is 0 Å². The largest absolute Gasteiger partial charge is 0.309 e. The second kappa shape index (κ2) is 26.9. The van der Waals surface area contributed by atoms with Crippen molar-refractivity contribution >= 4 is 27.8 Å². The van der Waals surface area contributed by atoms with Crippen molar-refractivity contribution in [3.05, 3.63) is 341 Å². The van der Waals surface area contributed by atoms with Crippen LogP contribution in [0.3, 0.4) is 0 Å². The summed E-state index contributed by atoms with van der Waals surface area (Å²) in [4.78, 5) is 2.53. The van der Waals surface area contributed by atoms with E-state index in [-0.39, 0.29) is 5.41 Å². The number of hydrogen-bond donors (Lipinski definition) is 0. The molecule has 0 bridgehead atoms. The summed E-state index contributed by atoms with van der Waals surface area (Å²) in [5.41, 5.74) is 33.1. The van der Waals surface area contributed by atoms with Crippen LogP contribution in [0.5, 0.6) is 0 Å². The van der Waals surface area contributed by atoms with E-state index in [4.69, 9.17) is 0 Å². The Morgan fingerprint density at radius 1 is 0.247 bits per heavy atom. The summed E-state index contributed by atoms with van der Waals surface area (Å²) in [5.74, 6) is 0. The Balaban J connectivity index is 0.000000183. The van der Waals surface area contributed by atoms with Crippen LogP contribution in [0.1, 0.15) is 77.8 Å². The van der Waals surface area contributed by atoms with E-state index < -0.39 is 0 Å². The predicted octanol–water partition coefficient (Wildman–Crippen LogP) is 25.2. The van der Waals surface area contributed by atoms with Gasteiger partial charge in [0.25, 0.3) is 0 Å². The fraction of sp³-hybridized carbons (Fsp3) is 0.136. The average Bonchev–Trinajstić information content (AvgIpc) is 1.67. The number of nitrogens with zero attached hydrogens (tertiary/aromatic N) is 1. The molecular weight excluding hydrogens is 1070 g/mol. The first-order valence-electron chi connectivity index (χ1n) is 31.6. The quantitative estimate of drug-likeness (QED) is 0.139. The Kier molecular flexibility index (Phi) is 18.3. The number of benzene rings is 13. The van der Waals surface area contributed by atoms with Gasteiger partial charge in [-0.3, -0.25) is 0 Å². The molecule has 0 aliphatic heterocycles. The monoisotopic (exact) mass is 1150 g/mol. The molecule has 0 N–H and O–H groups in total. The summed E-state index contributed by atoms with van der Waals surface area (Å²) in [6.07, 6.45) is 0. The first kappa shape index (κ1) is 60.6. The number of fused-ring (bicyclic) bond motifs is 5. The zero-order chi connectivity index (χ0) is 62.2. The molecule has 89 heavy (non-hydrogen) atoms. The SMILES string of the molecule is CC.Cc1ccc(-c2ccccc2)cc1-c1ccccc1.Cc1ccc(-c2ccccc2C)c(C)c1.Cc1ccc2c(c1)C(C)(C)c1cc(N(c3ccc(-c4ccccc4C)c(C)c3)c3ccc(-c4ccccc4)cc3-c3ccccc3)c3ccccc3c1-2. The molecule has 14 rings (SSSR count). The van der Waals surface area contributed by atoms with E-state index in [0.717, 1.165) is 11.4 Å².